The molecule has 2 aromatic heterocycles. The highest BCUT2D eigenvalue weighted by Crippen LogP contribution is 2.22. The van der Waals surface area contributed by atoms with Crippen LogP contribution in [0.5, 0.6) is 0 Å². The van der Waals surface area contributed by atoms with E-state index in [0.29, 0.717) is 5.82 Å². The van der Waals surface area contributed by atoms with Crippen molar-refractivity contribution < 1.29 is 0 Å². The van der Waals surface area contributed by atoms with E-state index in [2.05, 4.69) is 74.7 Å². The van der Waals surface area contributed by atoms with Gasteiger partial charge < -0.3 is 0 Å². The molecule has 0 aliphatic carbocycles. The summed E-state index contributed by atoms with van der Waals surface area (Å²) in [6, 6.07) is 16.8. The van der Waals surface area contributed by atoms with Crippen LogP contribution in [-0.2, 0) is 13.1 Å². The van der Waals surface area contributed by atoms with E-state index < -0.39 is 0 Å². The highest BCUT2D eigenvalue weighted by molar-refractivity contribution is 7.13. The maximum Gasteiger partial charge on any atom is 0.188 e. The average Bonchev–Trinajstić information content (AvgIpc) is 3.11. The van der Waals surface area contributed by atoms with E-state index in [1.807, 2.05) is 6.07 Å². The third kappa shape index (κ3) is 3.57. The summed E-state index contributed by atoms with van der Waals surface area (Å²) in [4.78, 5) is 15.5. The number of benzene rings is 2. The molecule has 0 saturated heterocycles. The molecule has 4 aromatic rings. The van der Waals surface area contributed by atoms with Crippen LogP contribution in [-0.4, -0.2) is 26.9 Å². The number of hydrogen-bond donors (Lipinski definition) is 0. The van der Waals surface area contributed by atoms with Gasteiger partial charge in [0.15, 0.2) is 10.8 Å². The monoisotopic (exact) mass is 346 g/mol. The molecule has 0 bridgehead atoms. The van der Waals surface area contributed by atoms with Crippen LogP contribution in [0.4, 0.5) is 0 Å². The van der Waals surface area contributed by atoms with Gasteiger partial charge in [0.2, 0.25) is 0 Å². The first-order valence-electron chi connectivity index (χ1n) is 8.16. The molecule has 0 aliphatic heterocycles. The summed E-state index contributed by atoms with van der Waals surface area (Å²) in [7, 11) is 2.12. The molecule has 4 rings (SSSR count). The van der Waals surface area contributed by atoms with Gasteiger partial charge in [-0.2, -0.15) is 0 Å². The highest BCUT2D eigenvalue weighted by atomic mass is 32.1. The van der Waals surface area contributed by atoms with E-state index >= 15 is 0 Å². The Kier molecular flexibility index (Phi) is 4.50. The number of rotatable bonds is 5. The van der Waals surface area contributed by atoms with Crippen LogP contribution in [0.2, 0.25) is 0 Å². The van der Waals surface area contributed by atoms with E-state index in [4.69, 9.17) is 0 Å². The van der Waals surface area contributed by atoms with Gasteiger partial charge in [-0.3, -0.25) is 4.90 Å². The Morgan fingerprint density at radius 2 is 1.72 bits per heavy atom. The van der Waals surface area contributed by atoms with E-state index in [1.165, 1.54) is 16.3 Å². The van der Waals surface area contributed by atoms with Gasteiger partial charge in [-0.05, 0) is 29.4 Å². The Bertz CT molecular complexity index is 976. The van der Waals surface area contributed by atoms with Crippen LogP contribution in [0.3, 0.4) is 0 Å². The molecule has 0 atom stereocenters. The van der Waals surface area contributed by atoms with Gasteiger partial charge >= 0.3 is 0 Å². The molecule has 25 heavy (non-hydrogen) atoms. The summed E-state index contributed by atoms with van der Waals surface area (Å²) in [5.41, 5.74) is 2.39. The predicted octanol–water partition coefficient (Wildman–Crippen LogP) is 4.39. The van der Waals surface area contributed by atoms with Gasteiger partial charge in [0.05, 0.1) is 5.69 Å². The van der Waals surface area contributed by atoms with Crippen LogP contribution in [0, 0.1) is 0 Å². The standard InChI is InChI=1S/C20H18N4S/c1-24(12-16-8-4-7-15-6-2-3-9-18(15)16)13-17-14-25-20(23-17)19-21-10-5-11-22-19/h2-11,14H,12-13H2,1H3. The van der Waals surface area contributed by atoms with Gasteiger partial charge in [-0.1, -0.05) is 42.5 Å². The minimum atomic E-state index is 0.690. The Hall–Kier alpha value is -2.63. The first-order chi connectivity index (χ1) is 12.3. The smallest absolute Gasteiger partial charge is 0.188 e. The molecule has 0 amide bonds. The van der Waals surface area contributed by atoms with E-state index in [9.17, 15) is 0 Å². The Labute approximate surface area is 150 Å². The fraction of sp³-hybridized carbons (Fsp3) is 0.150. The second kappa shape index (κ2) is 7.09. The van der Waals surface area contributed by atoms with Gasteiger partial charge in [0, 0.05) is 30.9 Å². The van der Waals surface area contributed by atoms with Crippen molar-refractivity contribution in [1.29, 1.82) is 0 Å². The second-order valence-corrected chi connectivity index (χ2v) is 6.89. The third-order valence-corrected chi connectivity index (χ3v) is 4.95. The molecule has 0 aliphatic rings. The van der Waals surface area contributed by atoms with Crippen LogP contribution in [0.15, 0.2) is 66.3 Å². The predicted molar refractivity (Wildman–Crippen MR) is 102 cm³/mol. The quantitative estimate of drug-likeness (QED) is 0.538. The molecule has 124 valence electrons. The van der Waals surface area contributed by atoms with Gasteiger partial charge in [0.25, 0.3) is 0 Å². The number of fused-ring (bicyclic) bond motifs is 1. The minimum Gasteiger partial charge on any atom is -0.296 e. The molecular weight excluding hydrogens is 328 g/mol. The van der Waals surface area contributed by atoms with Crippen molar-refractivity contribution in [2.45, 2.75) is 13.1 Å². The first kappa shape index (κ1) is 15.9. The Morgan fingerprint density at radius 1 is 0.920 bits per heavy atom. The van der Waals surface area contributed by atoms with Crippen LogP contribution < -0.4 is 0 Å². The zero-order chi connectivity index (χ0) is 17.1. The number of aromatic nitrogens is 3. The van der Waals surface area contributed by atoms with Crippen LogP contribution in [0.25, 0.3) is 21.6 Å². The van der Waals surface area contributed by atoms with Crippen molar-refractivity contribution in [2.75, 3.05) is 7.05 Å². The van der Waals surface area contributed by atoms with Crippen molar-refractivity contribution in [3.8, 4) is 10.8 Å². The van der Waals surface area contributed by atoms with Crippen LogP contribution >= 0.6 is 11.3 Å². The fourth-order valence-corrected chi connectivity index (χ4v) is 3.70. The summed E-state index contributed by atoms with van der Waals surface area (Å²) in [6.45, 7) is 1.68. The first-order valence-corrected chi connectivity index (χ1v) is 9.04. The third-order valence-electron chi connectivity index (χ3n) is 4.06. The molecule has 0 fully saturated rings. The van der Waals surface area contributed by atoms with Crippen molar-refractivity contribution in [2.24, 2.45) is 0 Å². The zero-order valence-electron chi connectivity index (χ0n) is 14.0. The lowest BCUT2D eigenvalue weighted by Gasteiger charge is -2.16. The average molecular weight is 346 g/mol. The molecule has 4 nitrogen and oxygen atoms in total. The maximum atomic E-state index is 4.68. The summed E-state index contributed by atoms with van der Waals surface area (Å²) in [5.74, 6) is 0.690. The SMILES string of the molecule is CN(Cc1csc(-c2ncccn2)n1)Cc1cccc2ccccc12. The Morgan fingerprint density at radius 3 is 2.60 bits per heavy atom. The van der Waals surface area contributed by atoms with Crippen molar-refractivity contribution in [3.63, 3.8) is 0 Å². The lowest BCUT2D eigenvalue weighted by atomic mass is 10.0. The zero-order valence-corrected chi connectivity index (χ0v) is 14.8. The molecular formula is C20H18N4S. The number of hydrogen-bond acceptors (Lipinski definition) is 5. The lowest BCUT2D eigenvalue weighted by Crippen LogP contribution is -2.17. The molecule has 2 aromatic carbocycles. The number of nitrogens with zero attached hydrogens (tertiary/aromatic N) is 4. The largest absolute Gasteiger partial charge is 0.296 e. The molecule has 0 N–H and O–H groups in total. The van der Waals surface area contributed by atoms with E-state index in [1.54, 1.807) is 23.7 Å². The van der Waals surface area contributed by atoms with Gasteiger partial charge in [-0.15, -0.1) is 11.3 Å². The molecule has 0 radical (unpaired) electrons. The topological polar surface area (TPSA) is 41.9 Å². The lowest BCUT2D eigenvalue weighted by molar-refractivity contribution is 0.317. The van der Waals surface area contributed by atoms with E-state index in [-0.39, 0.29) is 0 Å². The summed E-state index contributed by atoms with van der Waals surface area (Å²) >= 11 is 1.59. The molecule has 0 unspecified atom stereocenters. The summed E-state index contributed by atoms with van der Waals surface area (Å²) in [6.07, 6.45) is 3.49. The van der Waals surface area contributed by atoms with Gasteiger partial charge in [0.1, 0.15) is 0 Å². The second-order valence-electron chi connectivity index (χ2n) is 6.03. The van der Waals surface area contributed by atoms with Crippen molar-refractivity contribution >= 4 is 22.1 Å². The molecule has 0 spiro atoms. The van der Waals surface area contributed by atoms with Crippen molar-refractivity contribution in [3.05, 3.63) is 77.6 Å². The van der Waals surface area contributed by atoms with E-state index in [0.717, 1.165) is 23.8 Å². The summed E-state index contributed by atoms with van der Waals surface area (Å²) < 4.78 is 0. The Balaban J connectivity index is 1.49. The fourth-order valence-electron chi connectivity index (χ4n) is 2.95. The number of thiazole rings is 1. The highest BCUT2D eigenvalue weighted by Gasteiger charge is 2.10. The maximum absolute atomic E-state index is 4.68. The molecule has 0 saturated carbocycles. The van der Waals surface area contributed by atoms with Crippen LogP contribution in [0.1, 0.15) is 11.3 Å². The minimum absolute atomic E-state index is 0.690. The normalized spacial score (nSPS) is 11.3. The summed E-state index contributed by atoms with van der Waals surface area (Å²) in [5, 5.41) is 5.55. The van der Waals surface area contributed by atoms with Gasteiger partial charge in [-0.25, -0.2) is 15.0 Å². The molecule has 5 heteroatoms. The van der Waals surface area contributed by atoms with Crippen molar-refractivity contribution in [1.82, 2.24) is 19.9 Å². The molecule has 2 heterocycles.